The van der Waals surface area contributed by atoms with Crippen LogP contribution in [0.3, 0.4) is 0 Å². The molecular formula is C30H38N2O2. The summed E-state index contributed by atoms with van der Waals surface area (Å²) in [5.74, 6) is 1.85. The van der Waals surface area contributed by atoms with Gasteiger partial charge in [-0.1, -0.05) is 54.6 Å². The first-order valence-electron chi connectivity index (χ1n) is 12.2. The summed E-state index contributed by atoms with van der Waals surface area (Å²) in [6, 6.07) is 8.98. The number of hydrogen-bond donors (Lipinski definition) is 1. The summed E-state index contributed by atoms with van der Waals surface area (Å²) < 4.78 is 4.83. The molecule has 0 spiro atoms. The fourth-order valence-corrected chi connectivity index (χ4v) is 4.63. The lowest BCUT2D eigenvalue weighted by Gasteiger charge is -2.28. The van der Waals surface area contributed by atoms with Crippen LogP contribution < -0.4 is 10.7 Å². The third-order valence-corrected chi connectivity index (χ3v) is 6.75. The average molecular weight is 459 g/mol. The molecule has 1 fully saturated rings. The minimum Gasteiger partial charge on any atom is -0.469 e. The number of carbonyl (C=O) groups is 1. The Morgan fingerprint density at radius 1 is 1.09 bits per heavy atom. The van der Waals surface area contributed by atoms with E-state index >= 15 is 0 Å². The Morgan fingerprint density at radius 3 is 2.32 bits per heavy atom. The Balaban J connectivity index is 1.67. The Labute approximate surface area is 203 Å². The number of aromatic amines is 1. The number of allylic oxidation sites excluding steroid dienone is 5. The maximum Gasteiger partial charge on any atom is 0.305 e. The molecule has 1 aliphatic rings. The van der Waals surface area contributed by atoms with Gasteiger partial charge in [0.2, 0.25) is 0 Å². The van der Waals surface area contributed by atoms with Gasteiger partial charge < -0.3 is 9.72 Å². The van der Waals surface area contributed by atoms with Crippen molar-refractivity contribution in [2.45, 2.75) is 65.7 Å². The fraction of sp³-hybridized carbons (Fsp3) is 0.400. The molecule has 0 aliphatic heterocycles. The Bertz CT molecular complexity index is 1190. The second-order valence-electron chi connectivity index (χ2n) is 9.48. The number of methoxy groups -OCH3 is 1. The van der Waals surface area contributed by atoms with Gasteiger partial charge in [-0.15, -0.1) is 0 Å². The predicted molar refractivity (Wildman–Crippen MR) is 142 cm³/mol. The topological polar surface area (TPSA) is 55.0 Å². The van der Waals surface area contributed by atoms with Gasteiger partial charge in [-0.05, 0) is 93.6 Å². The van der Waals surface area contributed by atoms with Crippen molar-refractivity contribution in [2.75, 3.05) is 7.11 Å². The Morgan fingerprint density at radius 2 is 1.74 bits per heavy atom. The third-order valence-electron chi connectivity index (χ3n) is 6.75. The summed E-state index contributed by atoms with van der Waals surface area (Å²) in [5.41, 5.74) is 5.93. The molecule has 4 heteroatoms. The van der Waals surface area contributed by atoms with E-state index in [4.69, 9.17) is 9.72 Å². The van der Waals surface area contributed by atoms with Crippen LogP contribution in [-0.4, -0.2) is 23.0 Å². The van der Waals surface area contributed by atoms with Crippen molar-refractivity contribution in [1.82, 2.24) is 9.97 Å². The maximum atomic E-state index is 11.5. The monoisotopic (exact) mass is 458 g/mol. The van der Waals surface area contributed by atoms with E-state index < -0.39 is 0 Å². The second-order valence-corrected chi connectivity index (χ2v) is 9.48. The number of hydrogen-bond acceptors (Lipinski definition) is 3. The van der Waals surface area contributed by atoms with Crippen LogP contribution in [0.5, 0.6) is 0 Å². The molecule has 4 nitrogen and oxygen atoms in total. The number of nitrogens with zero attached hydrogens (tertiary/aromatic N) is 1. The minimum absolute atomic E-state index is 0.0822. The third kappa shape index (κ3) is 6.69. The number of benzene rings is 1. The molecule has 0 bridgehead atoms. The number of ether oxygens (including phenoxy) is 1. The molecule has 0 unspecified atom stereocenters. The van der Waals surface area contributed by atoms with Crippen LogP contribution in [-0.2, 0) is 9.53 Å². The number of aromatic nitrogens is 2. The highest BCUT2D eigenvalue weighted by molar-refractivity contribution is 5.70. The number of H-pyrrole nitrogens is 1. The van der Waals surface area contributed by atoms with Gasteiger partial charge in [0.05, 0.1) is 17.8 Å². The van der Waals surface area contributed by atoms with E-state index in [1.807, 2.05) is 26.0 Å². The molecule has 34 heavy (non-hydrogen) atoms. The average Bonchev–Trinajstić information content (AvgIpc) is 3.25. The van der Waals surface area contributed by atoms with Gasteiger partial charge >= 0.3 is 5.97 Å². The van der Waals surface area contributed by atoms with Crippen LogP contribution >= 0.6 is 0 Å². The van der Waals surface area contributed by atoms with E-state index in [1.165, 1.54) is 23.8 Å². The molecule has 180 valence electrons. The van der Waals surface area contributed by atoms with Gasteiger partial charge in [0.15, 0.2) is 0 Å². The molecule has 2 aromatic rings. The normalized spacial score (nSPS) is 20.5. The summed E-state index contributed by atoms with van der Waals surface area (Å²) in [5, 5.41) is 1.94. The van der Waals surface area contributed by atoms with Crippen LogP contribution in [0.4, 0.5) is 0 Å². The number of esters is 1. The summed E-state index contributed by atoms with van der Waals surface area (Å²) in [4.78, 5) is 19.7. The van der Waals surface area contributed by atoms with Gasteiger partial charge in [-0.2, -0.15) is 0 Å². The lowest BCUT2D eigenvalue weighted by atomic mass is 9.77. The number of carbonyl (C=O) groups excluding carboxylic acids is 1. The zero-order valence-electron chi connectivity index (χ0n) is 21.3. The van der Waals surface area contributed by atoms with Crippen molar-refractivity contribution in [3.05, 3.63) is 76.2 Å². The summed E-state index contributed by atoms with van der Waals surface area (Å²) in [6.45, 7) is 12.2. The van der Waals surface area contributed by atoms with Crippen molar-refractivity contribution < 1.29 is 9.53 Å². The molecule has 0 saturated heterocycles. The number of nitrogens with one attached hydrogen (secondary N) is 1. The van der Waals surface area contributed by atoms with Gasteiger partial charge in [-0.25, -0.2) is 4.98 Å². The van der Waals surface area contributed by atoms with Crippen LogP contribution in [0, 0.1) is 5.92 Å². The van der Waals surface area contributed by atoms with Crippen molar-refractivity contribution in [3.63, 3.8) is 0 Å². The molecule has 1 aromatic heterocycles. The summed E-state index contributed by atoms with van der Waals surface area (Å²) in [7, 11) is 1.47. The zero-order valence-corrected chi connectivity index (χ0v) is 21.3. The first-order valence-corrected chi connectivity index (χ1v) is 12.2. The predicted octanol–water partition coefficient (Wildman–Crippen LogP) is 5.91. The Kier molecular flexibility index (Phi) is 8.86. The Hall–Kier alpha value is -3.14. The lowest BCUT2D eigenvalue weighted by Crippen LogP contribution is -2.23. The number of rotatable bonds is 7. The molecule has 0 radical (unpaired) electrons. The van der Waals surface area contributed by atoms with Crippen molar-refractivity contribution in [2.24, 2.45) is 5.92 Å². The van der Waals surface area contributed by atoms with Gasteiger partial charge in [0, 0.05) is 6.42 Å². The molecular weight excluding hydrogens is 420 g/mol. The van der Waals surface area contributed by atoms with Crippen LogP contribution in [0.2, 0.25) is 0 Å². The van der Waals surface area contributed by atoms with E-state index in [9.17, 15) is 4.79 Å². The molecule has 1 N–H and O–H groups in total. The first-order chi connectivity index (χ1) is 16.3. The van der Waals surface area contributed by atoms with Crippen molar-refractivity contribution >= 4 is 29.3 Å². The fourth-order valence-electron chi connectivity index (χ4n) is 4.63. The first kappa shape index (κ1) is 25.5. The highest BCUT2D eigenvalue weighted by Crippen LogP contribution is 2.37. The van der Waals surface area contributed by atoms with Gasteiger partial charge in [0.1, 0.15) is 5.82 Å². The van der Waals surface area contributed by atoms with Crippen LogP contribution in [0.1, 0.15) is 82.7 Å². The molecule has 0 amide bonds. The van der Waals surface area contributed by atoms with E-state index in [-0.39, 0.29) is 5.97 Å². The van der Waals surface area contributed by atoms with Crippen molar-refractivity contribution in [1.29, 1.82) is 0 Å². The molecule has 0 atom stereocenters. The summed E-state index contributed by atoms with van der Waals surface area (Å²) in [6.07, 6.45) is 13.3. The van der Waals surface area contributed by atoms with E-state index in [0.29, 0.717) is 18.3 Å². The molecule has 1 saturated carbocycles. The van der Waals surface area contributed by atoms with E-state index in [1.54, 1.807) is 0 Å². The van der Waals surface area contributed by atoms with Crippen LogP contribution in [0.25, 0.3) is 23.3 Å². The lowest BCUT2D eigenvalue weighted by molar-refractivity contribution is -0.142. The largest absolute Gasteiger partial charge is 0.469 e. The minimum atomic E-state index is -0.0822. The maximum absolute atomic E-state index is 11.5. The smallest absolute Gasteiger partial charge is 0.305 e. The molecule has 1 heterocycles. The highest BCUT2D eigenvalue weighted by atomic mass is 16.5. The van der Waals surface area contributed by atoms with Crippen molar-refractivity contribution in [3.8, 4) is 0 Å². The van der Waals surface area contributed by atoms with Gasteiger partial charge in [-0.3, -0.25) is 4.79 Å². The van der Waals surface area contributed by atoms with Crippen LogP contribution in [0.15, 0.2) is 48.6 Å². The SMILES string of the molecule is C=C(C)/C=c1/[nH]c(/C(C)=C/C=C(\C)c2ccc(C3CCC(CC(=O)OC)CC3)cc2)n/c1=C/C. The van der Waals surface area contributed by atoms with E-state index in [0.717, 1.165) is 53.4 Å². The second kappa shape index (κ2) is 11.8. The van der Waals surface area contributed by atoms with Gasteiger partial charge in [0.25, 0.3) is 0 Å². The zero-order chi connectivity index (χ0) is 24.7. The van der Waals surface area contributed by atoms with E-state index in [2.05, 4.69) is 61.8 Å². The quantitative estimate of drug-likeness (QED) is 0.414. The summed E-state index contributed by atoms with van der Waals surface area (Å²) >= 11 is 0. The molecule has 1 aromatic carbocycles. The highest BCUT2D eigenvalue weighted by Gasteiger charge is 2.24. The standard InChI is InChI=1S/C30H38N2O2/c1-7-27-28(18-20(2)3)32-30(31-27)22(5)9-8-21(4)24-14-16-26(17-15-24)25-12-10-23(11-13-25)19-29(33)34-6/h7-9,14-18,23,25H,2,10-13,19H2,1,3-6H3,(H,31,32)/b21-8+,22-9+,27-7+,28-18+. The molecule has 3 rings (SSSR count). The molecule has 1 aliphatic carbocycles. The number of imidazole rings is 1.